The molecule has 148 valence electrons. The zero-order valence-electron chi connectivity index (χ0n) is 16.8. The van der Waals surface area contributed by atoms with Crippen LogP contribution in [-0.2, 0) is 9.47 Å². The Morgan fingerprint density at radius 3 is 2.42 bits per heavy atom. The summed E-state index contributed by atoms with van der Waals surface area (Å²) in [6.07, 6.45) is 2.28. The van der Waals surface area contributed by atoms with Crippen molar-refractivity contribution in [3.63, 3.8) is 0 Å². The van der Waals surface area contributed by atoms with Crippen LogP contribution in [0, 0.1) is 0 Å². The molecule has 0 radical (unpaired) electrons. The minimum atomic E-state index is 0.340. The fraction of sp³-hybridized carbons (Fsp3) is 0.650. The van der Waals surface area contributed by atoms with Crippen LogP contribution in [0.5, 0.6) is 0 Å². The van der Waals surface area contributed by atoms with Crippen molar-refractivity contribution in [3.05, 3.63) is 30.3 Å². The molecule has 1 rings (SSSR count). The second kappa shape index (κ2) is 14.4. The highest BCUT2D eigenvalue weighted by atomic mass is 16.5. The van der Waals surface area contributed by atoms with Crippen molar-refractivity contribution in [2.75, 3.05) is 58.5 Å². The lowest BCUT2D eigenvalue weighted by molar-refractivity contribution is 0.0487. The van der Waals surface area contributed by atoms with Crippen molar-refractivity contribution >= 4 is 11.6 Å². The molecule has 0 aliphatic heterocycles. The van der Waals surface area contributed by atoms with Crippen LogP contribution in [0.2, 0.25) is 0 Å². The highest BCUT2D eigenvalue weighted by molar-refractivity contribution is 5.79. The van der Waals surface area contributed by atoms with E-state index in [0.29, 0.717) is 25.9 Å². The maximum atomic E-state index is 5.55. The topological polar surface area (TPSA) is 58.1 Å². The lowest BCUT2D eigenvalue weighted by atomic mass is 10.2. The standard InChI is InChI=1S/C20H36N4O2/c1-5-6-13-25-15-16-26-14-12-22-20(21-3)23-17-18(2)24(4)19-10-8-7-9-11-19/h7-11,18H,5-6,12-17H2,1-4H3,(H2,21,22,23). The summed E-state index contributed by atoms with van der Waals surface area (Å²) < 4.78 is 11.0. The average Bonchev–Trinajstić information content (AvgIpc) is 2.68. The van der Waals surface area contributed by atoms with E-state index < -0.39 is 0 Å². The van der Waals surface area contributed by atoms with Crippen LogP contribution < -0.4 is 15.5 Å². The highest BCUT2D eigenvalue weighted by Crippen LogP contribution is 2.13. The maximum absolute atomic E-state index is 5.55. The van der Waals surface area contributed by atoms with Gasteiger partial charge in [0, 0.05) is 45.5 Å². The third-order valence-electron chi connectivity index (χ3n) is 4.17. The van der Waals surface area contributed by atoms with Gasteiger partial charge in [0.25, 0.3) is 0 Å². The zero-order valence-corrected chi connectivity index (χ0v) is 16.8. The molecule has 1 unspecified atom stereocenters. The van der Waals surface area contributed by atoms with Crippen molar-refractivity contribution in [1.29, 1.82) is 0 Å². The number of unbranched alkanes of at least 4 members (excludes halogenated alkanes) is 1. The number of anilines is 1. The van der Waals surface area contributed by atoms with Crippen molar-refractivity contribution < 1.29 is 9.47 Å². The van der Waals surface area contributed by atoms with Crippen LogP contribution in [0.15, 0.2) is 35.3 Å². The predicted octanol–water partition coefficient (Wildman–Crippen LogP) is 2.51. The predicted molar refractivity (Wildman–Crippen MR) is 110 cm³/mol. The first-order valence-electron chi connectivity index (χ1n) is 9.57. The van der Waals surface area contributed by atoms with Crippen molar-refractivity contribution in [2.45, 2.75) is 32.7 Å². The number of aliphatic imine (C=N–C) groups is 1. The van der Waals surface area contributed by atoms with Gasteiger partial charge in [-0.15, -0.1) is 0 Å². The van der Waals surface area contributed by atoms with Gasteiger partial charge in [-0.3, -0.25) is 4.99 Å². The fourth-order valence-corrected chi connectivity index (χ4v) is 2.33. The minimum Gasteiger partial charge on any atom is -0.379 e. The molecule has 0 saturated heterocycles. The molecule has 1 aromatic carbocycles. The number of likely N-dealkylation sites (N-methyl/N-ethyl adjacent to an activating group) is 1. The minimum absolute atomic E-state index is 0.340. The van der Waals surface area contributed by atoms with Crippen molar-refractivity contribution in [2.24, 2.45) is 4.99 Å². The molecule has 2 N–H and O–H groups in total. The smallest absolute Gasteiger partial charge is 0.191 e. The number of hydrogen-bond acceptors (Lipinski definition) is 4. The highest BCUT2D eigenvalue weighted by Gasteiger charge is 2.10. The molecule has 0 amide bonds. The monoisotopic (exact) mass is 364 g/mol. The Bertz CT molecular complexity index is 482. The van der Waals surface area contributed by atoms with Gasteiger partial charge in [0.05, 0.1) is 19.8 Å². The molecule has 6 heteroatoms. The SMILES string of the molecule is CCCCOCCOCCNC(=NC)NCC(C)N(C)c1ccccc1. The Morgan fingerprint density at radius 1 is 1.08 bits per heavy atom. The van der Waals surface area contributed by atoms with Crippen LogP contribution in [0.4, 0.5) is 5.69 Å². The van der Waals surface area contributed by atoms with E-state index in [0.717, 1.165) is 38.5 Å². The second-order valence-electron chi connectivity index (χ2n) is 6.25. The molecule has 1 aromatic rings. The first-order valence-corrected chi connectivity index (χ1v) is 9.57. The molecule has 0 aliphatic carbocycles. The van der Waals surface area contributed by atoms with Crippen molar-refractivity contribution in [1.82, 2.24) is 10.6 Å². The largest absolute Gasteiger partial charge is 0.379 e. The van der Waals surface area contributed by atoms with E-state index in [1.165, 1.54) is 5.69 Å². The molecule has 1 atom stereocenters. The molecule has 0 aromatic heterocycles. The van der Waals surface area contributed by atoms with Gasteiger partial charge in [0.2, 0.25) is 0 Å². The van der Waals surface area contributed by atoms with Gasteiger partial charge >= 0.3 is 0 Å². The van der Waals surface area contributed by atoms with E-state index in [1.807, 2.05) is 6.07 Å². The van der Waals surface area contributed by atoms with Gasteiger partial charge in [0.1, 0.15) is 0 Å². The van der Waals surface area contributed by atoms with Gasteiger partial charge in [-0.2, -0.15) is 0 Å². The van der Waals surface area contributed by atoms with Crippen molar-refractivity contribution in [3.8, 4) is 0 Å². The molecule has 26 heavy (non-hydrogen) atoms. The summed E-state index contributed by atoms with van der Waals surface area (Å²) in [4.78, 5) is 6.51. The van der Waals surface area contributed by atoms with E-state index in [1.54, 1.807) is 7.05 Å². The Labute approximate surface area is 159 Å². The Balaban J connectivity index is 2.13. The van der Waals surface area contributed by atoms with E-state index >= 15 is 0 Å². The summed E-state index contributed by atoms with van der Waals surface area (Å²) in [6.45, 7) is 8.63. The molecule has 0 saturated carbocycles. The number of ether oxygens (including phenoxy) is 2. The van der Waals surface area contributed by atoms with Crippen LogP contribution >= 0.6 is 0 Å². The number of hydrogen-bond donors (Lipinski definition) is 2. The van der Waals surface area contributed by atoms with Crippen LogP contribution in [-0.4, -0.2) is 65.6 Å². The number of nitrogens with one attached hydrogen (secondary N) is 2. The third kappa shape index (κ3) is 9.63. The molecule has 0 heterocycles. The lowest BCUT2D eigenvalue weighted by Crippen LogP contribution is -2.45. The first kappa shape index (κ1) is 22.3. The van der Waals surface area contributed by atoms with Crippen LogP contribution in [0.3, 0.4) is 0 Å². The number of para-hydroxylation sites is 1. The summed E-state index contributed by atoms with van der Waals surface area (Å²) in [5.41, 5.74) is 1.21. The number of rotatable bonds is 13. The number of nitrogens with zero attached hydrogens (tertiary/aromatic N) is 2. The molecular weight excluding hydrogens is 328 g/mol. The fourth-order valence-electron chi connectivity index (χ4n) is 2.33. The van der Waals surface area contributed by atoms with Gasteiger partial charge in [-0.1, -0.05) is 31.5 Å². The molecule has 0 spiro atoms. The van der Waals surface area contributed by atoms with Gasteiger partial charge < -0.3 is 25.0 Å². The van der Waals surface area contributed by atoms with Gasteiger partial charge in [-0.25, -0.2) is 0 Å². The normalized spacial score (nSPS) is 12.7. The Hall–Kier alpha value is -1.79. The summed E-state index contributed by atoms with van der Waals surface area (Å²) in [7, 11) is 3.89. The van der Waals surface area contributed by atoms with Crippen LogP contribution in [0.25, 0.3) is 0 Å². The van der Waals surface area contributed by atoms with Gasteiger partial charge in [-0.05, 0) is 25.5 Å². The third-order valence-corrected chi connectivity index (χ3v) is 4.17. The molecule has 6 nitrogen and oxygen atoms in total. The number of guanidine groups is 1. The summed E-state index contributed by atoms with van der Waals surface area (Å²) in [6, 6.07) is 10.7. The molecular formula is C20H36N4O2. The van der Waals surface area contributed by atoms with Gasteiger partial charge in [0.15, 0.2) is 5.96 Å². The quantitative estimate of drug-likeness (QED) is 0.320. The zero-order chi connectivity index (χ0) is 19.0. The summed E-state index contributed by atoms with van der Waals surface area (Å²) >= 11 is 0. The van der Waals surface area contributed by atoms with E-state index in [4.69, 9.17) is 9.47 Å². The summed E-state index contributed by atoms with van der Waals surface area (Å²) in [5.74, 6) is 0.793. The second-order valence-corrected chi connectivity index (χ2v) is 6.25. The van der Waals surface area contributed by atoms with Crippen LogP contribution in [0.1, 0.15) is 26.7 Å². The summed E-state index contributed by atoms with van der Waals surface area (Å²) in [5, 5.41) is 6.63. The average molecular weight is 365 g/mol. The molecule has 0 fully saturated rings. The molecule has 0 aliphatic rings. The maximum Gasteiger partial charge on any atom is 0.191 e. The number of benzene rings is 1. The van der Waals surface area contributed by atoms with E-state index in [-0.39, 0.29) is 0 Å². The lowest BCUT2D eigenvalue weighted by Gasteiger charge is -2.27. The van der Waals surface area contributed by atoms with E-state index in [9.17, 15) is 0 Å². The van der Waals surface area contributed by atoms with E-state index in [2.05, 4.69) is 65.7 Å². The first-order chi connectivity index (χ1) is 12.7. The Kier molecular flexibility index (Phi) is 12.3. The Morgan fingerprint density at radius 2 is 1.77 bits per heavy atom. The molecule has 0 bridgehead atoms.